The smallest absolute Gasteiger partial charge is 0.268 e. The van der Waals surface area contributed by atoms with Gasteiger partial charge in [-0.3, -0.25) is 4.79 Å². The van der Waals surface area contributed by atoms with Gasteiger partial charge in [0.25, 0.3) is 5.56 Å². The molecule has 5 nitrogen and oxygen atoms in total. The van der Waals surface area contributed by atoms with Crippen molar-refractivity contribution in [3.8, 4) is 16.5 Å². The summed E-state index contributed by atoms with van der Waals surface area (Å²) in [6.07, 6.45) is -4.63. The Bertz CT molecular complexity index is 1150. The number of hydrogen-bond donors (Lipinski definition) is 0. The van der Waals surface area contributed by atoms with Crippen LogP contribution in [0, 0.1) is 0 Å². The molecule has 0 fully saturated rings. The zero-order chi connectivity index (χ0) is 18.3. The Hall–Kier alpha value is -3.07. The maximum Gasteiger partial charge on any atom is 0.445 e. The Morgan fingerprint density at radius 2 is 1.62 bits per heavy atom. The van der Waals surface area contributed by atoms with Crippen LogP contribution < -0.4 is 5.56 Å². The topological polar surface area (TPSA) is 60.7 Å². The Kier molecular flexibility index (Phi) is 3.80. The fraction of sp³-hybridized carbons (Fsp3) is 0.0588. The number of alkyl halides is 3. The molecule has 2 aromatic heterocycles. The Morgan fingerprint density at radius 3 is 2.31 bits per heavy atom. The zero-order valence-electron chi connectivity index (χ0n) is 12.9. The third-order valence-corrected chi connectivity index (χ3v) is 4.61. The van der Waals surface area contributed by atoms with Gasteiger partial charge in [-0.25, -0.2) is 9.55 Å². The Balaban J connectivity index is 2.05. The van der Waals surface area contributed by atoms with Gasteiger partial charge in [-0.2, -0.15) is 13.2 Å². The van der Waals surface area contributed by atoms with Crippen molar-refractivity contribution in [2.24, 2.45) is 0 Å². The second-order valence-corrected chi connectivity index (χ2v) is 6.30. The van der Waals surface area contributed by atoms with E-state index in [1.807, 2.05) is 0 Å². The van der Waals surface area contributed by atoms with E-state index in [1.54, 1.807) is 54.6 Å². The average Bonchev–Trinajstić information content (AvgIpc) is 3.12. The maximum atomic E-state index is 13.0. The lowest BCUT2D eigenvalue weighted by Crippen LogP contribution is -2.21. The van der Waals surface area contributed by atoms with E-state index in [9.17, 15) is 18.0 Å². The van der Waals surface area contributed by atoms with Crippen molar-refractivity contribution in [3.05, 3.63) is 70.0 Å². The molecular formula is C17H9F3N4OS. The number of fused-ring (bicyclic) bond motifs is 1. The molecule has 0 aliphatic rings. The summed E-state index contributed by atoms with van der Waals surface area (Å²) in [5.74, 6) is 0.208. The van der Waals surface area contributed by atoms with Crippen LogP contribution in [0.4, 0.5) is 13.2 Å². The monoisotopic (exact) mass is 374 g/mol. The SMILES string of the molecule is O=c1c2ccccc2nc(-c2ccccc2)n1-c1nnc(C(F)(F)F)s1. The van der Waals surface area contributed by atoms with Crippen LogP contribution in [-0.2, 0) is 6.18 Å². The van der Waals surface area contributed by atoms with Crippen LogP contribution in [0.25, 0.3) is 27.4 Å². The van der Waals surface area contributed by atoms with E-state index in [2.05, 4.69) is 15.2 Å². The fourth-order valence-electron chi connectivity index (χ4n) is 2.51. The van der Waals surface area contributed by atoms with Crippen molar-refractivity contribution in [1.29, 1.82) is 0 Å². The van der Waals surface area contributed by atoms with E-state index in [4.69, 9.17) is 0 Å². The van der Waals surface area contributed by atoms with Crippen LogP contribution >= 0.6 is 11.3 Å². The summed E-state index contributed by atoms with van der Waals surface area (Å²) >= 11 is 0.300. The fourth-order valence-corrected chi connectivity index (χ4v) is 3.22. The summed E-state index contributed by atoms with van der Waals surface area (Å²) < 4.78 is 39.8. The summed E-state index contributed by atoms with van der Waals surface area (Å²) in [7, 11) is 0. The van der Waals surface area contributed by atoms with Crippen LogP contribution in [0.15, 0.2) is 59.4 Å². The first-order valence-corrected chi connectivity index (χ1v) is 8.25. The third kappa shape index (κ3) is 2.76. The normalized spacial score (nSPS) is 11.8. The molecule has 0 aliphatic carbocycles. The van der Waals surface area contributed by atoms with Gasteiger partial charge in [-0.05, 0) is 12.1 Å². The number of hydrogen-bond acceptors (Lipinski definition) is 5. The molecular weight excluding hydrogens is 365 g/mol. The predicted molar refractivity (Wildman–Crippen MR) is 91.2 cm³/mol. The summed E-state index contributed by atoms with van der Waals surface area (Å²) in [6.45, 7) is 0. The van der Waals surface area contributed by atoms with Crippen molar-refractivity contribution >= 4 is 22.2 Å². The predicted octanol–water partition coefficient (Wildman–Crippen LogP) is 3.92. The van der Waals surface area contributed by atoms with Gasteiger partial charge in [-0.15, -0.1) is 10.2 Å². The first-order chi connectivity index (χ1) is 12.4. The van der Waals surface area contributed by atoms with Crippen LogP contribution in [0.3, 0.4) is 0 Å². The quantitative estimate of drug-likeness (QED) is 0.534. The molecule has 2 aromatic carbocycles. The van der Waals surface area contributed by atoms with Gasteiger partial charge in [-0.1, -0.05) is 53.8 Å². The van der Waals surface area contributed by atoms with Gasteiger partial charge in [0.2, 0.25) is 10.1 Å². The molecule has 4 aromatic rings. The lowest BCUT2D eigenvalue weighted by Gasteiger charge is -2.10. The maximum absolute atomic E-state index is 13.0. The highest BCUT2D eigenvalue weighted by Crippen LogP contribution is 2.33. The number of para-hydroxylation sites is 1. The van der Waals surface area contributed by atoms with Crippen molar-refractivity contribution in [3.63, 3.8) is 0 Å². The Labute approximate surface area is 148 Å². The van der Waals surface area contributed by atoms with Gasteiger partial charge in [0, 0.05) is 5.56 Å². The average molecular weight is 374 g/mol. The highest BCUT2D eigenvalue weighted by atomic mass is 32.1. The lowest BCUT2D eigenvalue weighted by molar-refractivity contribution is -0.138. The second-order valence-electron chi connectivity index (χ2n) is 5.35. The molecule has 4 rings (SSSR count). The van der Waals surface area contributed by atoms with Crippen molar-refractivity contribution < 1.29 is 13.2 Å². The van der Waals surface area contributed by atoms with Gasteiger partial charge >= 0.3 is 6.18 Å². The minimum Gasteiger partial charge on any atom is -0.268 e. The molecule has 0 amide bonds. The highest BCUT2D eigenvalue weighted by Gasteiger charge is 2.36. The van der Waals surface area contributed by atoms with Gasteiger partial charge in [0.05, 0.1) is 10.9 Å². The van der Waals surface area contributed by atoms with E-state index in [0.717, 1.165) is 4.57 Å². The van der Waals surface area contributed by atoms with Gasteiger partial charge in [0.15, 0.2) is 0 Å². The molecule has 2 heterocycles. The highest BCUT2D eigenvalue weighted by molar-refractivity contribution is 7.13. The number of benzene rings is 2. The molecule has 0 saturated heterocycles. The third-order valence-electron chi connectivity index (χ3n) is 3.66. The van der Waals surface area contributed by atoms with E-state index in [-0.39, 0.29) is 16.3 Å². The van der Waals surface area contributed by atoms with Crippen LogP contribution in [0.5, 0.6) is 0 Å². The molecule has 9 heteroatoms. The molecule has 26 heavy (non-hydrogen) atoms. The van der Waals surface area contributed by atoms with Crippen LogP contribution in [-0.4, -0.2) is 19.7 Å². The molecule has 130 valence electrons. The minimum atomic E-state index is -4.63. The van der Waals surface area contributed by atoms with Gasteiger partial charge in [0.1, 0.15) is 5.82 Å². The summed E-state index contributed by atoms with van der Waals surface area (Å²) in [6, 6.07) is 15.4. The first kappa shape index (κ1) is 16.4. The second kappa shape index (κ2) is 6.03. The molecule has 0 unspecified atom stereocenters. The molecule has 0 aliphatic heterocycles. The summed E-state index contributed by atoms with van der Waals surface area (Å²) in [4.78, 5) is 17.4. The minimum absolute atomic E-state index is 0.181. The molecule has 0 spiro atoms. The van der Waals surface area contributed by atoms with Crippen molar-refractivity contribution in [2.75, 3.05) is 0 Å². The largest absolute Gasteiger partial charge is 0.445 e. The number of nitrogens with zero attached hydrogens (tertiary/aromatic N) is 4. The zero-order valence-corrected chi connectivity index (χ0v) is 13.8. The molecule has 0 atom stereocenters. The molecule has 0 radical (unpaired) electrons. The van der Waals surface area contributed by atoms with Crippen molar-refractivity contribution in [1.82, 2.24) is 19.7 Å². The first-order valence-electron chi connectivity index (χ1n) is 7.43. The van der Waals surface area contributed by atoms with E-state index in [0.29, 0.717) is 22.4 Å². The molecule has 0 saturated carbocycles. The van der Waals surface area contributed by atoms with Crippen LogP contribution in [0.1, 0.15) is 5.01 Å². The Morgan fingerprint density at radius 1 is 0.923 bits per heavy atom. The van der Waals surface area contributed by atoms with E-state index in [1.165, 1.54) is 0 Å². The molecule has 0 N–H and O–H groups in total. The summed E-state index contributed by atoms with van der Waals surface area (Å²) in [5, 5.41) is 5.74. The van der Waals surface area contributed by atoms with E-state index >= 15 is 0 Å². The molecule has 0 bridgehead atoms. The summed E-state index contributed by atoms with van der Waals surface area (Å²) in [5.41, 5.74) is 0.534. The number of aromatic nitrogens is 4. The van der Waals surface area contributed by atoms with E-state index < -0.39 is 16.7 Å². The number of halogens is 3. The lowest BCUT2D eigenvalue weighted by atomic mass is 10.2. The number of rotatable bonds is 2. The van der Waals surface area contributed by atoms with Crippen molar-refractivity contribution in [2.45, 2.75) is 6.18 Å². The van der Waals surface area contributed by atoms with Crippen LogP contribution in [0.2, 0.25) is 0 Å². The van der Waals surface area contributed by atoms with Gasteiger partial charge < -0.3 is 0 Å². The standard InChI is InChI=1S/C17H9F3N4OS/c18-17(19,20)15-22-23-16(26-15)24-13(10-6-2-1-3-7-10)21-12-9-5-4-8-11(12)14(24)25/h1-9H.